The number of hydrogen-bond acceptors (Lipinski definition) is 3. The highest BCUT2D eigenvalue weighted by Crippen LogP contribution is 2.24. The van der Waals surface area contributed by atoms with Gasteiger partial charge in [-0.1, -0.05) is 11.6 Å². The zero-order valence-electron chi connectivity index (χ0n) is 8.89. The van der Waals surface area contributed by atoms with E-state index in [4.69, 9.17) is 11.6 Å². The van der Waals surface area contributed by atoms with Gasteiger partial charge in [-0.2, -0.15) is 0 Å². The zero-order chi connectivity index (χ0) is 11.4. The van der Waals surface area contributed by atoms with E-state index in [1.807, 2.05) is 18.2 Å². The van der Waals surface area contributed by atoms with Crippen molar-refractivity contribution < 1.29 is 0 Å². The fourth-order valence-corrected chi connectivity index (χ4v) is 1.63. The van der Waals surface area contributed by atoms with E-state index in [0.29, 0.717) is 5.02 Å². The molecule has 2 heterocycles. The molecule has 3 nitrogen and oxygen atoms in total. The summed E-state index contributed by atoms with van der Waals surface area (Å²) in [5, 5.41) is 3.95. The van der Waals surface area contributed by atoms with Crippen LogP contribution in [0.1, 0.15) is 18.5 Å². The highest BCUT2D eigenvalue weighted by molar-refractivity contribution is 6.33. The lowest BCUT2D eigenvalue weighted by Gasteiger charge is -2.16. The maximum Gasteiger partial charge on any atom is 0.0820 e. The van der Waals surface area contributed by atoms with E-state index < -0.39 is 0 Å². The Labute approximate surface area is 99.5 Å². The third-order valence-corrected chi connectivity index (χ3v) is 2.65. The van der Waals surface area contributed by atoms with E-state index in [9.17, 15) is 0 Å². The summed E-state index contributed by atoms with van der Waals surface area (Å²) in [5.41, 5.74) is 2.06. The molecule has 0 saturated heterocycles. The largest absolute Gasteiger partial charge is 0.377 e. The Morgan fingerprint density at radius 2 is 1.81 bits per heavy atom. The first-order valence-electron chi connectivity index (χ1n) is 5.03. The number of nitrogens with one attached hydrogen (secondary N) is 1. The number of pyridine rings is 2. The average molecular weight is 234 g/mol. The molecule has 2 aromatic heterocycles. The van der Waals surface area contributed by atoms with Crippen molar-refractivity contribution >= 4 is 17.3 Å². The smallest absolute Gasteiger partial charge is 0.0820 e. The van der Waals surface area contributed by atoms with Gasteiger partial charge in [-0.25, -0.2) is 0 Å². The molecule has 0 fully saturated rings. The molecule has 0 saturated carbocycles. The van der Waals surface area contributed by atoms with Gasteiger partial charge in [0, 0.05) is 30.8 Å². The minimum Gasteiger partial charge on any atom is -0.377 e. The SMILES string of the molecule is CC(Nc1ccncc1Cl)c1ccncc1. The molecule has 1 unspecified atom stereocenters. The van der Waals surface area contributed by atoms with Crippen LogP contribution >= 0.6 is 11.6 Å². The lowest BCUT2D eigenvalue weighted by molar-refractivity contribution is 0.880. The van der Waals surface area contributed by atoms with Gasteiger partial charge in [0.05, 0.1) is 10.7 Å². The average Bonchev–Trinajstić information content (AvgIpc) is 2.33. The Kier molecular flexibility index (Phi) is 3.37. The second-order valence-corrected chi connectivity index (χ2v) is 3.91. The van der Waals surface area contributed by atoms with E-state index >= 15 is 0 Å². The first-order valence-corrected chi connectivity index (χ1v) is 5.41. The van der Waals surface area contributed by atoms with Gasteiger partial charge in [-0.15, -0.1) is 0 Å². The van der Waals surface area contributed by atoms with E-state index in [1.54, 1.807) is 24.8 Å². The molecular formula is C12H12ClN3. The summed E-state index contributed by atoms with van der Waals surface area (Å²) in [6, 6.07) is 6.00. The van der Waals surface area contributed by atoms with Gasteiger partial charge in [-0.3, -0.25) is 9.97 Å². The van der Waals surface area contributed by atoms with Gasteiger partial charge in [0.2, 0.25) is 0 Å². The Bertz CT molecular complexity index is 459. The monoisotopic (exact) mass is 233 g/mol. The number of halogens is 1. The van der Waals surface area contributed by atoms with Crippen molar-refractivity contribution in [3.63, 3.8) is 0 Å². The Morgan fingerprint density at radius 1 is 1.12 bits per heavy atom. The second-order valence-electron chi connectivity index (χ2n) is 3.50. The fourth-order valence-electron chi connectivity index (χ4n) is 1.46. The molecule has 0 aliphatic heterocycles. The maximum absolute atomic E-state index is 6.02. The van der Waals surface area contributed by atoms with Crippen LogP contribution in [0.3, 0.4) is 0 Å². The number of anilines is 1. The van der Waals surface area contributed by atoms with Crippen LogP contribution in [0.25, 0.3) is 0 Å². The van der Waals surface area contributed by atoms with Crippen LogP contribution < -0.4 is 5.32 Å². The molecule has 82 valence electrons. The molecule has 1 N–H and O–H groups in total. The summed E-state index contributed by atoms with van der Waals surface area (Å²) in [6.07, 6.45) is 6.90. The molecule has 0 aliphatic rings. The van der Waals surface area contributed by atoms with E-state index in [1.165, 1.54) is 5.56 Å². The van der Waals surface area contributed by atoms with Gasteiger partial charge in [-0.05, 0) is 30.7 Å². The van der Waals surface area contributed by atoms with Crippen molar-refractivity contribution in [2.24, 2.45) is 0 Å². The normalized spacial score (nSPS) is 12.1. The predicted octanol–water partition coefficient (Wildman–Crippen LogP) is 3.30. The van der Waals surface area contributed by atoms with Crippen LogP contribution in [-0.4, -0.2) is 9.97 Å². The van der Waals surface area contributed by atoms with E-state index in [2.05, 4.69) is 22.2 Å². The Hall–Kier alpha value is -1.61. The lowest BCUT2D eigenvalue weighted by Crippen LogP contribution is -2.06. The molecule has 4 heteroatoms. The number of hydrogen-bond donors (Lipinski definition) is 1. The fraction of sp³-hybridized carbons (Fsp3) is 0.167. The number of rotatable bonds is 3. The van der Waals surface area contributed by atoms with Gasteiger partial charge >= 0.3 is 0 Å². The first kappa shape index (κ1) is 10.9. The van der Waals surface area contributed by atoms with Crippen LogP contribution in [0.15, 0.2) is 43.0 Å². The minimum absolute atomic E-state index is 0.183. The highest BCUT2D eigenvalue weighted by Gasteiger charge is 2.06. The topological polar surface area (TPSA) is 37.8 Å². The van der Waals surface area contributed by atoms with Gasteiger partial charge in [0.15, 0.2) is 0 Å². The van der Waals surface area contributed by atoms with Crippen molar-refractivity contribution in [3.8, 4) is 0 Å². The van der Waals surface area contributed by atoms with Crippen molar-refractivity contribution in [2.75, 3.05) is 5.32 Å². The highest BCUT2D eigenvalue weighted by atomic mass is 35.5. The van der Waals surface area contributed by atoms with Gasteiger partial charge < -0.3 is 5.32 Å². The third kappa shape index (κ3) is 2.49. The molecular weight excluding hydrogens is 222 g/mol. The predicted molar refractivity (Wildman–Crippen MR) is 65.5 cm³/mol. The van der Waals surface area contributed by atoms with Crippen molar-refractivity contribution in [3.05, 3.63) is 53.6 Å². The van der Waals surface area contributed by atoms with Crippen molar-refractivity contribution in [2.45, 2.75) is 13.0 Å². The Balaban J connectivity index is 2.14. The van der Waals surface area contributed by atoms with Gasteiger partial charge in [0.25, 0.3) is 0 Å². The Morgan fingerprint density at radius 3 is 2.50 bits per heavy atom. The first-order chi connectivity index (χ1) is 7.77. The number of nitrogens with zero attached hydrogens (tertiary/aromatic N) is 2. The lowest BCUT2D eigenvalue weighted by atomic mass is 10.1. The van der Waals surface area contributed by atoms with E-state index in [0.717, 1.165) is 5.69 Å². The van der Waals surface area contributed by atoms with Gasteiger partial charge in [0.1, 0.15) is 0 Å². The van der Waals surface area contributed by atoms with Crippen LogP contribution in [-0.2, 0) is 0 Å². The minimum atomic E-state index is 0.183. The van der Waals surface area contributed by atoms with Crippen molar-refractivity contribution in [1.29, 1.82) is 0 Å². The molecule has 0 bridgehead atoms. The molecule has 1 atom stereocenters. The summed E-state index contributed by atoms with van der Waals surface area (Å²) >= 11 is 6.02. The summed E-state index contributed by atoms with van der Waals surface area (Å²) in [7, 11) is 0. The molecule has 0 aliphatic carbocycles. The number of aromatic nitrogens is 2. The maximum atomic E-state index is 6.02. The van der Waals surface area contributed by atoms with Crippen LogP contribution in [0.2, 0.25) is 5.02 Å². The quantitative estimate of drug-likeness (QED) is 0.884. The second kappa shape index (κ2) is 4.94. The van der Waals surface area contributed by atoms with E-state index in [-0.39, 0.29) is 6.04 Å². The summed E-state index contributed by atoms with van der Waals surface area (Å²) < 4.78 is 0. The van der Waals surface area contributed by atoms with Crippen LogP contribution in [0.4, 0.5) is 5.69 Å². The molecule has 2 aromatic rings. The molecule has 16 heavy (non-hydrogen) atoms. The summed E-state index contributed by atoms with van der Waals surface area (Å²) in [6.45, 7) is 2.08. The summed E-state index contributed by atoms with van der Waals surface area (Å²) in [4.78, 5) is 7.93. The molecule has 0 amide bonds. The molecule has 0 radical (unpaired) electrons. The van der Waals surface area contributed by atoms with Crippen LogP contribution in [0, 0.1) is 0 Å². The summed E-state index contributed by atoms with van der Waals surface area (Å²) in [5.74, 6) is 0. The molecule has 0 spiro atoms. The standard InChI is InChI=1S/C12H12ClN3/c1-9(10-2-5-14-6-3-10)16-12-4-7-15-8-11(12)13/h2-9H,1H3,(H,15,16). The molecule has 0 aromatic carbocycles. The van der Waals surface area contributed by atoms with Crippen LogP contribution in [0.5, 0.6) is 0 Å². The van der Waals surface area contributed by atoms with Crippen molar-refractivity contribution in [1.82, 2.24) is 9.97 Å². The third-order valence-electron chi connectivity index (χ3n) is 2.35. The molecule has 2 rings (SSSR count). The zero-order valence-corrected chi connectivity index (χ0v) is 9.65.